The van der Waals surface area contributed by atoms with Gasteiger partial charge in [0.05, 0.1) is 5.56 Å². The van der Waals surface area contributed by atoms with Crippen molar-refractivity contribution in [3.05, 3.63) is 29.3 Å². The molecule has 4 nitrogen and oxygen atoms in total. The standard InChI is InChI=1S/C17H29N3O/c1-7-10-18-15-11-13(2)8-9-14(15)16(21)19-12-17(3,4)20(5)6/h8-9,11,18H,7,10,12H2,1-6H3,(H,19,21). The van der Waals surface area contributed by atoms with Gasteiger partial charge in [-0.05, 0) is 59.0 Å². The number of amides is 1. The van der Waals surface area contributed by atoms with Crippen molar-refractivity contribution in [2.24, 2.45) is 0 Å². The van der Waals surface area contributed by atoms with Gasteiger partial charge in [0, 0.05) is 24.3 Å². The van der Waals surface area contributed by atoms with Crippen LogP contribution in [0.4, 0.5) is 5.69 Å². The van der Waals surface area contributed by atoms with Gasteiger partial charge in [-0.15, -0.1) is 0 Å². The van der Waals surface area contributed by atoms with Crippen molar-refractivity contribution >= 4 is 11.6 Å². The monoisotopic (exact) mass is 291 g/mol. The van der Waals surface area contributed by atoms with Crippen LogP contribution in [0, 0.1) is 6.92 Å². The molecule has 4 heteroatoms. The van der Waals surface area contributed by atoms with E-state index in [0.29, 0.717) is 12.1 Å². The van der Waals surface area contributed by atoms with Crippen LogP contribution in [-0.2, 0) is 0 Å². The Morgan fingerprint density at radius 3 is 2.52 bits per heavy atom. The van der Waals surface area contributed by atoms with Crippen molar-refractivity contribution in [1.29, 1.82) is 0 Å². The van der Waals surface area contributed by atoms with Crippen LogP contribution in [0.3, 0.4) is 0 Å². The molecule has 21 heavy (non-hydrogen) atoms. The molecule has 0 aliphatic heterocycles. The average Bonchev–Trinajstić information content (AvgIpc) is 2.42. The highest BCUT2D eigenvalue weighted by Gasteiger charge is 2.22. The quantitative estimate of drug-likeness (QED) is 0.812. The van der Waals surface area contributed by atoms with E-state index in [4.69, 9.17) is 0 Å². The normalized spacial score (nSPS) is 11.6. The lowest BCUT2D eigenvalue weighted by atomic mass is 10.0. The van der Waals surface area contributed by atoms with Crippen LogP contribution in [0.1, 0.15) is 43.1 Å². The topological polar surface area (TPSA) is 44.4 Å². The predicted molar refractivity (Wildman–Crippen MR) is 90.1 cm³/mol. The van der Waals surface area contributed by atoms with Gasteiger partial charge >= 0.3 is 0 Å². The summed E-state index contributed by atoms with van der Waals surface area (Å²) in [5.41, 5.74) is 2.71. The largest absolute Gasteiger partial charge is 0.384 e. The number of nitrogens with one attached hydrogen (secondary N) is 2. The third-order valence-electron chi connectivity index (χ3n) is 3.88. The molecule has 0 saturated heterocycles. The molecule has 0 spiro atoms. The zero-order valence-corrected chi connectivity index (χ0v) is 14.2. The Morgan fingerprint density at radius 1 is 1.29 bits per heavy atom. The second-order valence-corrected chi connectivity index (χ2v) is 6.37. The molecule has 1 aromatic carbocycles. The number of nitrogens with zero attached hydrogens (tertiary/aromatic N) is 1. The molecule has 1 amide bonds. The molecular formula is C17H29N3O. The van der Waals surface area contributed by atoms with E-state index >= 15 is 0 Å². The van der Waals surface area contributed by atoms with Gasteiger partial charge in [0.1, 0.15) is 0 Å². The lowest BCUT2D eigenvalue weighted by Gasteiger charge is -2.32. The van der Waals surface area contributed by atoms with Gasteiger partial charge in [-0.25, -0.2) is 0 Å². The summed E-state index contributed by atoms with van der Waals surface area (Å²) >= 11 is 0. The van der Waals surface area contributed by atoms with E-state index in [1.165, 1.54) is 0 Å². The maximum atomic E-state index is 12.4. The van der Waals surface area contributed by atoms with E-state index < -0.39 is 0 Å². The summed E-state index contributed by atoms with van der Waals surface area (Å²) in [5.74, 6) is -0.0245. The summed E-state index contributed by atoms with van der Waals surface area (Å²) in [4.78, 5) is 14.5. The van der Waals surface area contributed by atoms with E-state index in [1.54, 1.807) is 0 Å². The van der Waals surface area contributed by atoms with Crippen LogP contribution in [0.5, 0.6) is 0 Å². The number of benzene rings is 1. The lowest BCUT2D eigenvalue weighted by Crippen LogP contribution is -2.48. The number of hydrogen-bond donors (Lipinski definition) is 2. The van der Waals surface area contributed by atoms with Crippen LogP contribution >= 0.6 is 0 Å². The molecule has 0 bridgehead atoms. The fourth-order valence-electron chi connectivity index (χ4n) is 1.81. The Kier molecular flexibility index (Phi) is 6.21. The van der Waals surface area contributed by atoms with Gasteiger partial charge in [-0.2, -0.15) is 0 Å². The van der Waals surface area contributed by atoms with Crippen molar-refractivity contribution in [2.75, 3.05) is 32.5 Å². The molecule has 0 saturated carbocycles. The first kappa shape index (κ1) is 17.5. The Hall–Kier alpha value is -1.55. The van der Waals surface area contributed by atoms with Crippen molar-refractivity contribution in [1.82, 2.24) is 10.2 Å². The van der Waals surface area contributed by atoms with Crippen molar-refractivity contribution in [3.63, 3.8) is 0 Å². The summed E-state index contributed by atoms with van der Waals surface area (Å²) in [6, 6.07) is 5.90. The lowest BCUT2D eigenvalue weighted by molar-refractivity contribution is 0.0920. The number of carbonyl (C=O) groups is 1. The van der Waals surface area contributed by atoms with Crippen molar-refractivity contribution in [2.45, 2.75) is 39.7 Å². The maximum absolute atomic E-state index is 12.4. The van der Waals surface area contributed by atoms with Crippen LogP contribution in [0.15, 0.2) is 18.2 Å². The summed E-state index contributed by atoms with van der Waals surface area (Å²) in [6.07, 6.45) is 1.03. The van der Waals surface area contributed by atoms with Gasteiger partial charge in [-0.3, -0.25) is 4.79 Å². The Labute approximate surface area is 128 Å². The number of hydrogen-bond acceptors (Lipinski definition) is 3. The van der Waals surface area contributed by atoms with E-state index in [1.807, 2.05) is 39.2 Å². The number of rotatable bonds is 7. The first-order valence-electron chi connectivity index (χ1n) is 7.58. The minimum Gasteiger partial charge on any atom is -0.384 e. The van der Waals surface area contributed by atoms with E-state index in [2.05, 4.69) is 36.3 Å². The zero-order chi connectivity index (χ0) is 16.0. The van der Waals surface area contributed by atoms with Gasteiger partial charge < -0.3 is 15.5 Å². The highest BCUT2D eigenvalue weighted by atomic mass is 16.1. The molecule has 2 N–H and O–H groups in total. The molecule has 118 valence electrons. The van der Waals surface area contributed by atoms with Crippen molar-refractivity contribution in [3.8, 4) is 0 Å². The fourth-order valence-corrected chi connectivity index (χ4v) is 1.81. The molecular weight excluding hydrogens is 262 g/mol. The summed E-state index contributed by atoms with van der Waals surface area (Å²) in [6.45, 7) is 9.85. The summed E-state index contributed by atoms with van der Waals surface area (Å²) in [7, 11) is 4.04. The molecule has 1 aromatic rings. The molecule has 0 fully saturated rings. The molecule has 0 aliphatic rings. The summed E-state index contributed by atoms with van der Waals surface area (Å²) in [5, 5.41) is 6.37. The first-order chi connectivity index (χ1) is 9.77. The zero-order valence-electron chi connectivity index (χ0n) is 14.2. The van der Waals surface area contributed by atoms with Crippen LogP contribution in [0.25, 0.3) is 0 Å². The molecule has 0 radical (unpaired) electrons. The van der Waals surface area contributed by atoms with Crippen LogP contribution in [0.2, 0.25) is 0 Å². The second kappa shape index (κ2) is 7.46. The molecule has 0 aliphatic carbocycles. The number of aryl methyl sites for hydroxylation is 1. The van der Waals surface area contributed by atoms with Crippen LogP contribution in [-0.4, -0.2) is 43.5 Å². The highest BCUT2D eigenvalue weighted by molar-refractivity contribution is 5.99. The third kappa shape index (κ3) is 5.05. The number of likely N-dealkylation sites (N-methyl/N-ethyl adjacent to an activating group) is 1. The van der Waals surface area contributed by atoms with E-state index in [9.17, 15) is 4.79 Å². The smallest absolute Gasteiger partial charge is 0.253 e. The molecule has 0 aromatic heterocycles. The number of carbonyl (C=O) groups excluding carboxylic acids is 1. The minimum absolute atomic E-state index is 0.0245. The van der Waals surface area contributed by atoms with Gasteiger partial charge in [0.2, 0.25) is 0 Å². The van der Waals surface area contributed by atoms with E-state index in [-0.39, 0.29) is 11.4 Å². The summed E-state index contributed by atoms with van der Waals surface area (Å²) < 4.78 is 0. The average molecular weight is 291 g/mol. The molecule has 1 rings (SSSR count). The Bertz CT molecular complexity index is 481. The Morgan fingerprint density at radius 2 is 1.95 bits per heavy atom. The Balaban J connectivity index is 2.82. The van der Waals surface area contributed by atoms with Crippen LogP contribution < -0.4 is 10.6 Å². The maximum Gasteiger partial charge on any atom is 0.253 e. The highest BCUT2D eigenvalue weighted by Crippen LogP contribution is 2.18. The predicted octanol–water partition coefficient (Wildman–Crippen LogP) is 2.89. The number of anilines is 1. The van der Waals surface area contributed by atoms with Gasteiger partial charge in [0.15, 0.2) is 0 Å². The fraction of sp³-hybridized carbons (Fsp3) is 0.588. The molecule has 0 unspecified atom stereocenters. The molecule has 0 heterocycles. The van der Waals surface area contributed by atoms with Gasteiger partial charge in [0.25, 0.3) is 5.91 Å². The third-order valence-corrected chi connectivity index (χ3v) is 3.88. The van der Waals surface area contributed by atoms with Gasteiger partial charge in [-0.1, -0.05) is 13.0 Å². The van der Waals surface area contributed by atoms with E-state index in [0.717, 1.165) is 24.2 Å². The molecule has 0 atom stereocenters. The minimum atomic E-state index is -0.0721. The SMILES string of the molecule is CCCNc1cc(C)ccc1C(=O)NCC(C)(C)N(C)C. The van der Waals surface area contributed by atoms with Crippen molar-refractivity contribution < 1.29 is 4.79 Å². The second-order valence-electron chi connectivity index (χ2n) is 6.37. The first-order valence-corrected chi connectivity index (χ1v) is 7.58.